The number of Topliss-reactive ketones (excluding diaryl/α,β-unsaturated/α-hetero) is 1. The highest BCUT2D eigenvalue weighted by Crippen LogP contribution is 2.66. The van der Waals surface area contributed by atoms with E-state index in [0.717, 1.165) is 38.5 Å². The van der Waals surface area contributed by atoms with Gasteiger partial charge in [0, 0.05) is 16.9 Å². The maximum absolute atomic E-state index is 13.6. The van der Waals surface area contributed by atoms with Gasteiger partial charge in [-0.1, -0.05) is 12.1 Å². The zero-order chi connectivity index (χ0) is 24.2. The van der Waals surface area contributed by atoms with Gasteiger partial charge in [0.2, 0.25) is 15.9 Å². The van der Waals surface area contributed by atoms with E-state index in [1.807, 2.05) is 13.8 Å². The van der Waals surface area contributed by atoms with Gasteiger partial charge in [-0.3, -0.25) is 9.59 Å². The molecule has 0 saturated heterocycles. The van der Waals surface area contributed by atoms with Gasteiger partial charge in [-0.05, 0) is 112 Å². The molecule has 4 bridgehead atoms. The van der Waals surface area contributed by atoms with E-state index in [9.17, 15) is 18.0 Å². The van der Waals surface area contributed by atoms with E-state index in [0.29, 0.717) is 22.7 Å². The first-order valence-corrected chi connectivity index (χ1v) is 14.2. The van der Waals surface area contributed by atoms with E-state index in [2.05, 4.69) is 26.0 Å². The van der Waals surface area contributed by atoms with E-state index >= 15 is 0 Å². The van der Waals surface area contributed by atoms with Gasteiger partial charge >= 0.3 is 0 Å². The Balaban J connectivity index is 1.54. The molecular weight excluding hydrogens is 504 g/mol. The Morgan fingerprint density at radius 2 is 1.73 bits per heavy atom. The van der Waals surface area contributed by atoms with Crippen molar-refractivity contribution in [1.82, 2.24) is 10.0 Å². The van der Waals surface area contributed by atoms with Crippen molar-refractivity contribution in [2.75, 3.05) is 0 Å². The predicted octanol–water partition coefficient (Wildman–Crippen LogP) is 4.58. The van der Waals surface area contributed by atoms with Crippen LogP contribution in [0.1, 0.15) is 72.6 Å². The fourth-order valence-corrected chi connectivity index (χ4v) is 9.41. The molecule has 2 unspecified atom stereocenters. The number of nitrogens with one attached hydrogen (secondary N) is 2. The molecular formula is C25H35BrN2O4S. The first-order valence-electron chi connectivity index (χ1n) is 11.9. The van der Waals surface area contributed by atoms with Crippen molar-refractivity contribution in [3.63, 3.8) is 0 Å². The molecule has 6 nitrogen and oxygen atoms in total. The zero-order valence-electron chi connectivity index (χ0n) is 19.9. The average Bonchev–Trinajstić information content (AvgIpc) is 2.65. The van der Waals surface area contributed by atoms with Gasteiger partial charge in [-0.25, -0.2) is 8.42 Å². The molecule has 4 saturated carbocycles. The average molecular weight is 540 g/mol. The molecule has 33 heavy (non-hydrogen) atoms. The molecule has 1 aromatic rings. The quantitative estimate of drug-likeness (QED) is 0.506. The Morgan fingerprint density at radius 1 is 1.12 bits per heavy atom. The second kappa shape index (κ2) is 8.45. The van der Waals surface area contributed by atoms with Crippen LogP contribution in [-0.2, 0) is 19.6 Å². The van der Waals surface area contributed by atoms with Crippen molar-refractivity contribution in [2.45, 2.75) is 89.1 Å². The molecule has 0 aromatic heterocycles. The first kappa shape index (κ1) is 24.9. The number of benzene rings is 1. The van der Waals surface area contributed by atoms with Crippen LogP contribution in [-0.4, -0.2) is 31.7 Å². The predicted molar refractivity (Wildman–Crippen MR) is 131 cm³/mol. The first-order chi connectivity index (χ1) is 15.3. The number of amides is 1. The second-order valence-electron chi connectivity index (χ2n) is 11.6. The molecule has 0 heterocycles. The highest BCUT2D eigenvalue weighted by atomic mass is 79.9. The molecule has 1 amide bonds. The number of hydrogen-bond donors (Lipinski definition) is 2. The Hall–Kier alpha value is -1.25. The van der Waals surface area contributed by atoms with E-state index in [-0.39, 0.29) is 33.5 Å². The fraction of sp³-hybridized carbons (Fsp3) is 0.680. The highest BCUT2D eigenvalue weighted by Gasteiger charge is 2.61. The van der Waals surface area contributed by atoms with Crippen molar-refractivity contribution in [3.8, 4) is 0 Å². The largest absolute Gasteiger partial charge is 0.353 e. The van der Waals surface area contributed by atoms with Crippen LogP contribution in [0.3, 0.4) is 0 Å². The molecule has 4 aliphatic carbocycles. The maximum Gasteiger partial charge on any atom is 0.242 e. The van der Waals surface area contributed by atoms with Gasteiger partial charge in [-0.2, -0.15) is 4.72 Å². The molecule has 4 fully saturated rings. The van der Waals surface area contributed by atoms with Gasteiger partial charge in [0.1, 0.15) is 0 Å². The third kappa shape index (κ3) is 4.80. The molecule has 8 heteroatoms. The molecule has 2 N–H and O–H groups in total. The summed E-state index contributed by atoms with van der Waals surface area (Å²) in [5, 5.41) is 3.14. The normalized spacial score (nSPS) is 31.1. The summed E-state index contributed by atoms with van der Waals surface area (Å²) in [4.78, 5) is 26.9. The number of ketones is 1. The Morgan fingerprint density at radius 3 is 2.30 bits per heavy atom. The van der Waals surface area contributed by atoms with E-state index in [4.69, 9.17) is 0 Å². The Kier molecular flexibility index (Phi) is 6.37. The maximum atomic E-state index is 13.6. The van der Waals surface area contributed by atoms with Crippen LogP contribution >= 0.6 is 15.9 Å². The molecule has 2 atom stereocenters. The van der Waals surface area contributed by atoms with Gasteiger partial charge < -0.3 is 5.32 Å². The van der Waals surface area contributed by atoms with E-state index in [1.165, 1.54) is 6.07 Å². The summed E-state index contributed by atoms with van der Waals surface area (Å²) in [6, 6.07) is 6.68. The summed E-state index contributed by atoms with van der Waals surface area (Å²) < 4.78 is 29.2. The molecule has 5 rings (SSSR count). The zero-order valence-corrected chi connectivity index (χ0v) is 22.3. The van der Waals surface area contributed by atoms with Crippen LogP contribution in [0.15, 0.2) is 33.6 Å². The number of carbonyl (C=O) groups is 2. The second-order valence-corrected chi connectivity index (χ2v) is 14.1. The number of hydrogen-bond acceptors (Lipinski definition) is 4. The summed E-state index contributed by atoms with van der Waals surface area (Å²) in [5.74, 6) is 0.964. The van der Waals surface area contributed by atoms with Crippen LogP contribution in [0.2, 0.25) is 0 Å². The van der Waals surface area contributed by atoms with E-state index < -0.39 is 15.6 Å². The molecule has 1 aromatic carbocycles. The number of rotatable bonds is 8. The number of sulfonamides is 1. The van der Waals surface area contributed by atoms with E-state index in [1.54, 1.807) is 32.0 Å². The third-order valence-corrected chi connectivity index (χ3v) is 10.5. The van der Waals surface area contributed by atoms with Crippen LogP contribution in [0.25, 0.3) is 0 Å². The van der Waals surface area contributed by atoms with Gasteiger partial charge in [0.25, 0.3) is 0 Å². The molecule has 182 valence electrons. The van der Waals surface area contributed by atoms with Crippen LogP contribution in [0, 0.1) is 22.7 Å². The minimum Gasteiger partial charge on any atom is -0.353 e. The standard InChI is InChI=1S/C25H35BrN2O4S/c1-16(2)27-22(30)25-12-17-9-18(13-25)11-24(10-17,15-25)14-21(29)23(3,4)28-33(31,32)20-8-6-5-7-19(20)26/h5-8,16-18,28H,9-15H2,1-4H3,(H,27,30). The van der Waals surface area contributed by atoms with Crippen molar-refractivity contribution in [2.24, 2.45) is 22.7 Å². The van der Waals surface area contributed by atoms with Crippen molar-refractivity contribution in [3.05, 3.63) is 28.7 Å². The van der Waals surface area contributed by atoms with Crippen LogP contribution < -0.4 is 10.0 Å². The van der Waals surface area contributed by atoms with Crippen molar-refractivity contribution in [1.29, 1.82) is 0 Å². The summed E-state index contributed by atoms with van der Waals surface area (Å²) in [5.41, 5.74) is -1.84. The monoisotopic (exact) mass is 538 g/mol. The highest BCUT2D eigenvalue weighted by molar-refractivity contribution is 9.10. The molecule has 0 radical (unpaired) electrons. The number of carbonyl (C=O) groups excluding carboxylic acids is 2. The lowest BCUT2D eigenvalue weighted by atomic mass is 9.43. The van der Waals surface area contributed by atoms with Gasteiger partial charge in [0.15, 0.2) is 5.78 Å². The lowest BCUT2D eigenvalue weighted by molar-refractivity contribution is -0.162. The third-order valence-electron chi connectivity index (χ3n) is 7.83. The molecule has 0 spiro atoms. The summed E-state index contributed by atoms with van der Waals surface area (Å²) in [6.45, 7) is 7.26. The summed E-state index contributed by atoms with van der Waals surface area (Å²) in [7, 11) is -3.88. The van der Waals surface area contributed by atoms with Gasteiger partial charge in [0.05, 0.1) is 15.8 Å². The Labute approximate surface area is 205 Å². The topological polar surface area (TPSA) is 92.3 Å². The molecule has 0 aliphatic heterocycles. The smallest absolute Gasteiger partial charge is 0.242 e. The fourth-order valence-electron chi connectivity index (χ4n) is 7.01. The molecule has 4 aliphatic rings. The van der Waals surface area contributed by atoms with Crippen molar-refractivity contribution < 1.29 is 18.0 Å². The minimum atomic E-state index is -3.88. The lowest BCUT2D eigenvalue weighted by Crippen LogP contribution is -2.60. The SMILES string of the molecule is CC(C)NC(=O)C12CC3CC(CC(CC(=O)C(C)(C)NS(=O)(=O)c4ccccc4Br)(C3)C1)C2. The van der Waals surface area contributed by atoms with Crippen LogP contribution in [0.5, 0.6) is 0 Å². The summed E-state index contributed by atoms with van der Waals surface area (Å²) >= 11 is 3.30. The van der Waals surface area contributed by atoms with Crippen molar-refractivity contribution >= 4 is 37.6 Å². The lowest BCUT2D eigenvalue weighted by Gasteiger charge is -2.61. The minimum absolute atomic E-state index is 0.0914. The Bertz CT molecular complexity index is 1050. The van der Waals surface area contributed by atoms with Crippen LogP contribution in [0.4, 0.5) is 0 Å². The van der Waals surface area contributed by atoms with Gasteiger partial charge in [-0.15, -0.1) is 0 Å². The number of halogens is 1. The summed E-state index contributed by atoms with van der Waals surface area (Å²) in [6.07, 6.45) is 5.92.